The first-order valence-electron chi connectivity index (χ1n) is 11.3. The summed E-state index contributed by atoms with van der Waals surface area (Å²) in [4.78, 5) is 16.1. The van der Waals surface area contributed by atoms with E-state index in [2.05, 4.69) is 44.8 Å². The molecule has 0 radical (unpaired) electrons. The van der Waals surface area contributed by atoms with E-state index in [0.29, 0.717) is 4.47 Å². The Labute approximate surface area is 209 Å². The quantitative estimate of drug-likeness (QED) is 0.496. The molecule has 7 heteroatoms. The van der Waals surface area contributed by atoms with Crippen LogP contribution in [0, 0.1) is 0 Å². The van der Waals surface area contributed by atoms with Gasteiger partial charge >= 0.3 is 5.97 Å². The second-order valence-corrected chi connectivity index (χ2v) is 10.4. The number of piperazine rings is 1. The van der Waals surface area contributed by atoms with Gasteiger partial charge in [0, 0.05) is 55.0 Å². The monoisotopic (exact) mass is 532 g/mol. The summed E-state index contributed by atoms with van der Waals surface area (Å²) in [5.74, 6) is -0.918. The third kappa shape index (κ3) is 5.62. The van der Waals surface area contributed by atoms with Gasteiger partial charge in [-0.2, -0.15) is 0 Å². The fourth-order valence-corrected chi connectivity index (χ4v) is 5.51. The highest BCUT2D eigenvalue weighted by molar-refractivity contribution is 9.10. The maximum absolute atomic E-state index is 11.3. The van der Waals surface area contributed by atoms with Gasteiger partial charge in [-0.25, -0.2) is 4.79 Å². The van der Waals surface area contributed by atoms with Crippen LogP contribution in [0.25, 0.3) is 5.57 Å². The molecule has 1 atom stereocenters. The van der Waals surface area contributed by atoms with E-state index in [0.717, 1.165) is 62.7 Å². The number of carbonyl (C=O) groups is 1. The third-order valence-corrected chi connectivity index (χ3v) is 7.85. The Bertz CT molecular complexity index is 1050. The van der Waals surface area contributed by atoms with E-state index < -0.39 is 5.97 Å². The van der Waals surface area contributed by atoms with E-state index in [4.69, 9.17) is 16.3 Å². The summed E-state index contributed by atoms with van der Waals surface area (Å²) in [5, 5.41) is 10.0. The lowest BCUT2D eigenvalue weighted by Gasteiger charge is -2.40. The average Bonchev–Trinajstić information content (AvgIpc) is 2.80. The lowest BCUT2D eigenvalue weighted by molar-refractivity contribution is -0.00391. The molecule has 1 aliphatic carbocycles. The van der Waals surface area contributed by atoms with Gasteiger partial charge in [0.25, 0.3) is 0 Å². The van der Waals surface area contributed by atoms with Crippen molar-refractivity contribution < 1.29 is 14.6 Å². The van der Waals surface area contributed by atoms with E-state index >= 15 is 0 Å². The molecule has 1 N–H and O–H groups in total. The summed E-state index contributed by atoms with van der Waals surface area (Å²) in [6.07, 6.45) is 2.95. The third-order valence-electron chi connectivity index (χ3n) is 6.94. The minimum atomic E-state index is -0.918. The predicted octanol–water partition coefficient (Wildman–Crippen LogP) is 5.97. The lowest BCUT2D eigenvalue weighted by Crippen LogP contribution is -2.47. The molecule has 1 unspecified atom stereocenters. The van der Waals surface area contributed by atoms with Crippen molar-refractivity contribution in [2.24, 2.45) is 0 Å². The summed E-state index contributed by atoms with van der Waals surface area (Å²) in [7, 11) is 1.82. The Morgan fingerprint density at radius 2 is 1.85 bits per heavy atom. The highest BCUT2D eigenvalue weighted by Gasteiger charge is 2.32. The Balaban J connectivity index is 1.47. The number of aromatic carboxylic acids is 1. The number of hydrogen-bond acceptors (Lipinski definition) is 4. The number of rotatable bonds is 6. The number of ether oxygens (including phenoxy) is 1. The van der Waals surface area contributed by atoms with Crippen LogP contribution in [0.4, 0.5) is 5.69 Å². The van der Waals surface area contributed by atoms with Crippen molar-refractivity contribution in [3.8, 4) is 0 Å². The summed E-state index contributed by atoms with van der Waals surface area (Å²) < 4.78 is 6.50. The van der Waals surface area contributed by atoms with Gasteiger partial charge in [-0.1, -0.05) is 23.7 Å². The zero-order chi connectivity index (χ0) is 23.6. The molecule has 4 rings (SSSR count). The Morgan fingerprint density at radius 1 is 1.15 bits per heavy atom. The van der Waals surface area contributed by atoms with Gasteiger partial charge in [0.2, 0.25) is 0 Å². The number of halogens is 2. The van der Waals surface area contributed by atoms with Gasteiger partial charge in [-0.15, -0.1) is 0 Å². The van der Waals surface area contributed by atoms with Crippen LogP contribution in [0.1, 0.15) is 42.1 Å². The maximum atomic E-state index is 11.3. The number of allylic oxidation sites excluding steroid dienone is 1. The van der Waals surface area contributed by atoms with Crippen LogP contribution in [0.15, 0.2) is 52.5 Å². The van der Waals surface area contributed by atoms with Crippen molar-refractivity contribution in [3.05, 3.63) is 68.7 Å². The second-order valence-electron chi connectivity index (χ2n) is 9.15. The Morgan fingerprint density at radius 3 is 2.45 bits per heavy atom. The van der Waals surface area contributed by atoms with Crippen molar-refractivity contribution >= 4 is 44.8 Å². The van der Waals surface area contributed by atoms with Crippen LogP contribution >= 0.6 is 27.5 Å². The molecule has 2 aromatic rings. The minimum absolute atomic E-state index is 0.120. The molecule has 0 amide bonds. The number of hydrogen-bond donors (Lipinski definition) is 1. The van der Waals surface area contributed by atoms with Crippen LogP contribution < -0.4 is 4.90 Å². The molecule has 1 heterocycles. The molecular formula is C26H30BrClN2O3. The van der Waals surface area contributed by atoms with E-state index in [1.54, 1.807) is 6.07 Å². The molecule has 1 aliphatic heterocycles. The first kappa shape index (κ1) is 24.3. The number of anilines is 1. The largest absolute Gasteiger partial charge is 0.478 e. The molecule has 33 heavy (non-hydrogen) atoms. The number of nitrogens with zero attached hydrogens (tertiary/aromatic N) is 2. The molecule has 176 valence electrons. The van der Waals surface area contributed by atoms with Crippen molar-refractivity contribution in [3.63, 3.8) is 0 Å². The zero-order valence-corrected chi connectivity index (χ0v) is 21.5. The van der Waals surface area contributed by atoms with E-state index in [1.807, 2.05) is 31.4 Å². The summed E-state index contributed by atoms with van der Waals surface area (Å²) in [5.41, 5.74) is 5.36. The van der Waals surface area contributed by atoms with Crippen molar-refractivity contribution in [1.29, 1.82) is 0 Å². The first-order chi connectivity index (χ1) is 15.8. The molecule has 1 fully saturated rings. The standard InChI is InChI=1S/C26H30BrClN2O3/c1-26(33-2)10-9-22(18-3-5-20(28)6-4-18)19(16-26)17-29-11-13-30(14-12-29)21-7-8-23(25(31)32)24(27)15-21/h3-8,15H,9-14,16-17H2,1-2H3,(H,31,32). The van der Waals surface area contributed by atoms with Gasteiger partial charge in [-0.3, -0.25) is 4.90 Å². The molecule has 2 aromatic carbocycles. The SMILES string of the molecule is COC1(C)CCC(c2ccc(Cl)cc2)=C(CN2CCN(c3ccc(C(=O)O)c(Br)c3)CC2)C1. The van der Waals surface area contributed by atoms with E-state index in [-0.39, 0.29) is 11.2 Å². The smallest absolute Gasteiger partial charge is 0.336 e. The topological polar surface area (TPSA) is 53.0 Å². The van der Waals surface area contributed by atoms with Crippen molar-refractivity contribution in [2.75, 3.05) is 44.7 Å². The van der Waals surface area contributed by atoms with Crippen LogP contribution in [0.2, 0.25) is 5.02 Å². The van der Waals surface area contributed by atoms with Gasteiger partial charge in [0.05, 0.1) is 11.2 Å². The molecule has 1 saturated heterocycles. The van der Waals surface area contributed by atoms with E-state index in [1.165, 1.54) is 16.7 Å². The second kappa shape index (κ2) is 10.2. The highest BCUT2D eigenvalue weighted by atomic mass is 79.9. The number of carboxylic acid groups (broad SMARTS) is 1. The van der Waals surface area contributed by atoms with Crippen LogP contribution in [-0.4, -0.2) is 61.4 Å². The Kier molecular flexibility index (Phi) is 7.49. The molecule has 0 aromatic heterocycles. The lowest BCUT2D eigenvalue weighted by atomic mass is 9.79. The van der Waals surface area contributed by atoms with Gasteiger partial charge in [0.1, 0.15) is 0 Å². The fourth-order valence-electron chi connectivity index (χ4n) is 4.85. The minimum Gasteiger partial charge on any atom is -0.478 e. The first-order valence-corrected chi connectivity index (χ1v) is 12.5. The Hall–Kier alpha value is -1.86. The maximum Gasteiger partial charge on any atom is 0.336 e. The average molecular weight is 534 g/mol. The van der Waals surface area contributed by atoms with Gasteiger partial charge in [-0.05, 0) is 89.2 Å². The fraction of sp³-hybridized carbons (Fsp3) is 0.423. The summed E-state index contributed by atoms with van der Waals surface area (Å²) in [6.45, 7) is 6.88. The predicted molar refractivity (Wildman–Crippen MR) is 137 cm³/mol. The number of methoxy groups -OCH3 is 1. The highest BCUT2D eigenvalue weighted by Crippen LogP contribution is 2.40. The zero-order valence-electron chi connectivity index (χ0n) is 19.1. The molecule has 0 saturated carbocycles. The molecule has 0 spiro atoms. The normalized spacial score (nSPS) is 22.0. The molecular weight excluding hydrogens is 504 g/mol. The molecule has 5 nitrogen and oxygen atoms in total. The van der Waals surface area contributed by atoms with Gasteiger partial charge < -0.3 is 14.7 Å². The van der Waals surface area contributed by atoms with Crippen LogP contribution in [0.5, 0.6) is 0 Å². The van der Waals surface area contributed by atoms with Crippen molar-refractivity contribution in [1.82, 2.24) is 4.90 Å². The number of carboxylic acids is 1. The summed E-state index contributed by atoms with van der Waals surface area (Å²) in [6, 6.07) is 13.7. The van der Waals surface area contributed by atoms with Gasteiger partial charge in [0.15, 0.2) is 0 Å². The van der Waals surface area contributed by atoms with E-state index in [9.17, 15) is 9.90 Å². The summed E-state index contributed by atoms with van der Waals surface area (Å²) >= 11 is 9.53. The van der Waals surface area contributed by atoms with Crippen LogP contribution in [-0.2, 0) is 4.74 Å². The van der Waals surface area contributed by atoms with Crippen molar-refractivity contribution in [2.45, 2.75) is 31.8 Å². The molecule has 2 aliphatic rings. The number of benzene rings is 2. The van der Waals surface area contributed by atoms with Crippen LogP contribution in [0.3, 0.4) is 0 Å². The molecule has 0 bridgehead atoms.